The third kappa shape index (κ3) is 2.50. The van der Waals surface area contributed by atoms with Gasteiger partial charge in [0, 0.05) is 15.7 Å². The van der Waals surface area contributed by atoms with E-state index in [0.717, 1.165) is 4.47 Å². The third-order valence-electron chi connectivity index (χ3n) is 2.38. The fraction of sp³-hybridized carbons (Fsp3) is 0.0833. The Hall–Kier alpha value is -1.33. The first-order chi connectivity index (χ1) is 8.09. The van der Waals surface area contributed by atoms with Crippen LogP contribution in [-0.4, -0.2) is 11.0 Å². The molecule has 0 saturated carbocycles. The first-order valence-electron chi connectivity index (χ1n) is 4.92. The molecule has 0 saturated heterocycles. The molecule has 88 valence electrons. The molecule has 1 heterocycles. The lowest BCUT2D eigenvalue weighted by Gasteiger charge is -2.08. The molecule has 0 unspecified atom stereocenters. The SMILES string of the molecule is Cc1c(O)cccc1NC(=O)c1sccc1Br. The topological polar surface area (TPSA) is 49.3 Å². The van der Waals surface area contributed by atoms with E-state index in [1.807, 2.05) is 11.4 Å². The Morgan fingerprint density at radius 3 is 2.82 bits per heavy atom. The van der Waals surface area contributed by atoms with E-state index in [1.54, 1.807) is 25.1 Å². The van der Waals surface area contributed by atoms with Gasteiger partial charge >= 0.3 is 0 Å². The summed E-state index contributed by atoms with van der Waals surface area (Å²) < 4.78 is 0.776. The highest BCUT2D eigenvalue weighted by Gasteiger charge is 2.13. The van der Waals surface area contributed by atoms with Crippen LogP contribution in [0, 0.1) is 6.92 Å². The number of phenols is 1. The number of hydrogen-bond donors (Lipinski definition) is 2. The number of rotatable bonds is 2. The van der Waals surface area contributed by atoms with Crippen molar-refractivity contribution in [3.8, 4) is 5.75 Å². The van der Waals surface area contributed by atoms with Gasteiger partial charge in [-0.2, -0.15) is 0 Å². The summed E-state index contributed by atoms with van der Waals surface area (Å²) in [6.07, 6.45) is 0. The number of aromatic hydroxyl groups is 1. The number of thiophene rings is 1. The number of benzene rings is 1. The van der Waals surface area contributed by atoms with Crippen LogP contribution in [0.3, 0.4) is 0 Å². The van der Waals surface area contributed by atoms with Crippen molar-refractivity contribution in [3.63, 3.8) is 0 Å². The molecule has 5 heteroatoms. The molecule has 0 atom stereocenters. The normalized spacial score (nSPS) is 10.2. The van der Waals surface area contributed by atoms with Crippen LogP contribution in [0.15, 0.2) is 34.1 Å². The van der Waals surface area contributed by atoms with Crippen molar-refractivity contribution in [2.45, 2.75) is 6.92 Å². The minimum atomic E-state index is -0.180. The van der Waals surface area contributed by atoms with Crippen molar-refractivity contribution >= 4 is 38.9 Å². The van der Waals surface area contributed by atoms with Crippen LogP contribution in [0.5, 0.6) is 5.75 Å². The highest BCUT2D eigenvalue weighted by molar-refractivity contribution is 9.10. The molecule has 0 fully saturated rings. The Labute approximate surface area is 111 Å². The van der Waals surface area contributed by atoms with Crippen LogP contribution in [0.2, 0.25) is 0 Å². The van der Waals surface area contributed by atoms with Crippen molar-refractivity contribution < 1.29 is 9.90 Å². The van der Waals surface area contributed by atoms with Crippen LogP contribution >= 0.6 is 27.3 Å². The molecule has 1 aromatic heterocycles. The summed E-state index contributed by atoms with van der Waals surface area (Å²) in [6.45, 7) is 1.76. The van der Waals surface area contributed by atoms with E-state index in [2.05, 4.69) is 21.2 Å². The second kappa shape index (κ2) is 4.89. The van der Waals surface area contributed by atoms with Gasteiger partial charge in [-0.25, -0.2) is 0 Å². The van der Waals surface area contributed by atoms with Gasteiger partial charge in [0.25, 0.3) is 5.91 Å². The number of phenolic OH excluding ortho intramolecular Hbond substituents is 1. The van der Waals surface area contributed by atoms with Crippen molar-refractivity contribution in [3.05, 3.63) is 44.6 Å². The Morgan fingerprint density at radius 2 is 2.18 bits per heavy atom. The van der Waals surface area contributed by atoms with E-state index in [1.165, 1.54) is 11.3 Å². The van der Waals surface area contributed by atoms with Gasteiger partial charge in [0.1, 0.15) is 10.6 Å². The highest BCUT2D eigenvalue weighted by Crippen LogP contribution is 2.27. The molecule has 2 N–H and O–H groups in total. The smallest absolute Gasteiger partial charge is 0.266 e. The number of carbonyl (C=O) groups is 1. The number of carbonyl (C=O) groups excluding carboxylic acids is 1. The molecule has 0 aliphatic rings. The zero-order chi connectivity index (χ0) is 12.4. The van der Waals surface area contributed by atoms with Crippen LogP contribution < -0.4 is 5.32 Å². The van der Waals surface area contributed by atoms with Gasteiger partial charge in [0.05, 0.1) is 0 Å². The van der Waals surface area contributed by atoms with Crippen LogP contribution in [0.25, 0.3) is 0 Å². The Balaban J connectivity index is 2.25. The Kier molecular flexibility index (Phi) is 3.49. The van der Waals surface area contributed by atoms with E-state index in [-0.39, 0.29) is 11.7 Å². The molecule has 2 rings (SSSR count). The lowest BCUT2D eigenvalue weighted by atomic mass is 10.2. The first-order valence-corrected chi connectivity index (χ1v) is 6.60. The van der Waals surface area contributed by atoms with Gasteiger partial charge in [0.2, 0.25) is 0 Å². The van der Waals surface area contributed by atoms with Crippen molar-refractivity contribution in [1.29, 1.82) is 0 Å². The maximum Gasteiger partial charge on any atom is 0.266 e. The minimum Gasteiger partial charge on any atom is -0.508 e. The molecule has 0 bridgehead atoms. The zero-order valence-corrected chi connectivity index (χ0v) is 11.4. The minimum absolute atomic E-state index is 0.174. The quantitative estimate of drug-likeness (QED) is 0.886. The van der Waals surface area contributed by atoms with Gasteiger partial charge in [-0.1, -0.05) is 6.07 Å². The summed E-state index contributed by atoms with van der Waals surface area (Å²) in [4.78, 5) is 12.6. The van der Waals surface area contributed by atoms with Gasteiger partial charge in [0.15, 0.2) is 0 Å². The Bertz CT molecular complexity index is 565. The van der Waals surface area contributed by atoms with Crippen molar-refractivity contribution in [2.75, 3.05) is 5.32 Å². The summed E-state index contributed by atoms with van der Waals surface area (Å²) in [5.41, 5.74) is 1.28. The van der Waals surface area contributed by atoms with E-state index in [9.17, 15) is 9.90 Å². The van der Waals surface area contributed by atoms with Crippen molar-refractivity contribution in [1.82, 2.24) is 0 Å². The molecule has 0 radical (unpaired) electrons. The zero-order valence-electron chi connectivity index (χ0n) is 9.03. The number of anilines is 1. The monoisotopic (exact) mass is 311 g/mol. The average molecular weight is 312 g/mol. The lowest BCUT2D eigenvalue weighted by Crippen LogP contribution is -2.11. The molecule has 17 heavy (non-hydrogen) atoms. The summed E-state index contributed by atoms with van der Waals surface area (Å²) in [5, 5.41) is 14.2. The van der Waals surface area contributed by atoms with Crippen LogP contribution in [0.1, 0.15) is 15.2 Å². The molecular formula is C12H10BrNO2S. The number of amides is 1. The first kappa shape index (κ1) is 12.1. The molecule has 0 aliphatic heterocycles. The second-order valence-corrected chi connectivity index (χ2v) is 5.27. The predicted molar refractivity (Wildman–Crippen MR) is 72.8 cm³/mol. The number of halogens is 1. The Morgan fingerprint density at radius 1 is 1.41 bits per heavy atom. The van der Waals surface area contributed by atoms with Gasteiger partial charge < -0.3 is 10.4 Å². The predicted octanol–water partition coefficient (Wildman–Crippen LogP) is 3.78. The van der Waals surface area contributed by atoms with Gasteiger partial charge in [-0.05, 0) is 46.4 Å². The number of hydrogen-bond acceptors (Lipinski definition) is 3. The molecule has 0 spiro atoms. The maximum atomic E-state index is 11.9. The largest absolute Gasteiger partial charge is 0.508 e. The molecule has 3 nitrogen and oxygen atoms in total. The summed E-state index contributed by atoms with van der Waals surface area (Å²) in [7, 11) is 0. The van der Waals surface area contributed by atoms with Crippen molar-refractivity contribution in [2.24, 2.45) is 0 Å². The molecular weight excluding hydrogens is 302 g/mol. The standard InChI is InChI=1S/C12H10BrNO2S/c1-7-9(3-2-4-10(7)15)14-12(16)11-8(13)5-6-17-11/h2-6,15H,1H3,(H,14,16). The maximum absolute atomic E-state index is 11.9. The molecule has 2 aromatic rings. The second-order valence-electron chi connectivity index (χ2n) is 3.50. The molecule has 1 aromatic carbocycles. The van der Waals surface area contributed by atoms with E-state index >= 15 is 0 Å². The fourth-order valence-electron chi connectivity index (χ4n) is 1.39. The van der Waals surface area contributed by atoms with Gasteiger partial charge in [-0.3, -0.25) is 4.79 Å². The summed E-state index contributed by atoms with van der Waals surface area (Å²) >= 11 is 4.68. The third-order valence-corrected chi connectivity index (χ3v) is 4.21. The average Bonchev–Trinajstić information content (AvgIpc) is 2.71. The lowest BCUT2D eigenvalue weighted by molar-refractivity contribution is 0.103. The van der Waals surface area contributed by atoms with E-state index < -0.39 is 0 Å². The summed E-state index contributed by atoms with van der Waals surface area (Å²) in [5.74, 6) is -0.00591. The molecule has 0 aliphatic carbocycles. The highest BCUT2D eigenvalue weighted by atomic mass is 79.9. The number of nitrogens with one attached hydrogen (secondary N) is 1. The van der Waals surface area contributed by atoms with E-state index in [0.29, 0.717) is 16.1 Å². The fourth-order valence-corrected chi connectivity index (χ4v) is 2.84. The van der Waals surface area contributed by atoms with Crippen LogP contribution in [0.4, 0.5) is 5.69 Å². The molecule has 1 amide bonds. The van der Waals surface area contributed by atoms with E-state index in [4.69, 9.17) is 0 Å². The van der Waals surface area contributed by atoms with Gasteiger partial charge in [-0.15, -0.1) is 11.3 Å². The van der Waals surface area contributed by atoms with Crippen LogP contribution in [-0.2, 0) is 0 Å². The summed E-state index contributed by atoms with van der Waals surface area (Å²) in [6, 6.07) is 6.87.